The van der Waals surface area contributed by atoms with Crippen LogP contribution in [0.1, 0.15) is 39.4 Å². The van der Waals surface area contributed by atoms with Crippen LogP contribution in [0.3, 0.4) is 0 Å². The van der Waals surface area contributed by atoms with Gasteiger partial charge in [-0.1, -0.05) is 29.8 Å². The third-order valence-corrected chi connectivity index (χ3v) is 3.83. The topological polar surface area (TPSA) is 12.0 Å². The largest absolute Gasteiger partial charge is 0.309 e. The molecular formula is C18H22FN. The maximum Gasteiger partial charge on any atom is 0.126 e. The first-order valence-corrected chi connectivity index (χ1v) is 6.95. The van der Waals surface area contributed by atoms with Crippen LogP contribution in [-0.2, 0) is 0 Å². The van der Waals surface area contributed by atoms with Crippen molar-refractivity contribution in [3.63, 3.8) is 0 Å². The Morgan fingerprint density at radius 2 is 1.50 bits per heavy atom. The van der Waals surface area contributed by atoms with E-state index in [-0.39, 0.29) is 11.9 Å². The first kappa shape index (κ1) is 14.7. The van der Waals surface area contributed by atoms with E-state index in [4.69, 9.17) is 0 Å². The predicted octanol–water partition coefficient (Wildman–Crippen LogP) is 4.37. The van der Waals surface area contributed by atoms with Gasteiger partial charge in [0, 0.05) is 0 Å². The van der Waals surface area contributed by atoms with E-state index < -0.39 is 0 Å². The molecule has 0 aliphatic rings. The third kappa shape index (κ3) is 2.75. The molecule has 0 spiro atoms. The van der Waals surface area contributed by atoms with Crippen molar-refractivity contribution in [1.82, 2.24) is 5.32 Å². The fourth-order valence-electron chi connectivity index (χ4n) is 2.97. The van der Waals surface area contributed by atoms with Crippen molar-refractivity contribution in [2.45, 2.75) is 33.7 Å². The number of aryl methyl sites for hydroxylation is 4. The van der Waals surface area contributed by atoms with Gasteiger partial charge in [0.15, 0.2) is 0 Å². The molecule has 0 aliphatic carbocycles. The molecule has 0 fully saturated rings. The lowest BCUT2D eigenvalue weighted by Crippen LogP contribution is -2.20. The molecule has 1 atom stereocenters. The minimum Gasteiger partial charge on any atom is -0.309 e. The second-order valence-corrected chi connectivity index (χ2v) is 5.54. The van der Waals surface area contributed by atoms with Gasteiger partial charge in [0.05, 0.1) is 6.04 Å². The molecule has 2 rings (SSSR count). The number of halogens is 1. The summed E-state index contributed by atoms with van der Waals surface area (Å²) in [7, 11) is 1.95. The smallest absolute Gasteiger partial charge is 0.126 e. The summed E-state index contributed by atoms with van der Waals surface area (Å²) in [5.41, 5.74) is 6.87. The maximum atomic E-state index is 13.5. The van der Waals surface area contributed by atoms with Crippen molar-refractivity contribution >= 4 is 0 Å². The monoisotopic (exact) mass is 271 g/mol. The van der Waals surface area contributed by atoms with E-state index >= 15 is 0 Å². The van der Waals surface area contributed by atoms with Gasteiger partial charge in [0.25, 0.3) is 0 Å². The lowest BCUT2D eigenvalue weighted by Gasteiger charge is -2.23. The molecule has 20 heavy (non-hydrogen) atoms. The van der Waals surface area contributed by atoms with Gasteiger partial charge in [-0.2, -0.15) is 0 Å². The van der Waals surface area contributed by atoms with Crippen molar-refractivity contribution < 1.29 is 4.39 Å². The molecule has 0 heterocycles. The lowest BCUT2D eigenvalue weighted by molar-refractivity contribution is 0.613. The van der Waals surface area contributed by atoms with E-state index in [0.29, 0.717) is 5.56 Å². The Balaban J connectivity index is 2.55. The molecule has 0 radical (unpaired) electrons. The first-order valence-electron chi connectivity index (χ1n) is 6.95. The average Bonchev–Trinajstić information content (AvgIpc) is 2.37. The van der Waals surface area contributed by atoms with Gasteiger partial charge in [-0.3, -0.25) is 0 Å². The van der Waals surface area contributed by atoms with Crippen molar-refractivity contribution in [3.8, 4) is 0 Å². The highest BCUT2D eigenvalue weighted by Gasteiger charge is 2.17. The van der Waals surface area contributed by atoms with Crippen LogP contribution in [0.15, 0.2) is 30.3 Å². The Morgan fingerprint density at radius 3 is 2.00 bits per heavy atom. The van der Waals surface area contributed by atoms with Crippen LogP contribution in [0.2, 0.25) is 0 Å². The highest BCUT2D eigenvalue weighted by molar-refractivity contribution is 5.44. The Bertz CT molecular complexity index is 608. The molecule has 0 aromatic heterocycles. The number of nitrogens with one attached hydrogen (secondary N) is 1. The van der Waals surface area contributed by atoms with Gasteiger partial charge in [0.2, 0.25) is 0 Å². The zero-order valence-electron chi connectivity index (χ0n) is 12.8. The summed E-state index contributed by atoms with van der Waals surface area (Å²) in [6.45, 7) is 8.19. The molecule has 2 heteroatoms. The third-order valence-electron chi connectivity index (χ3n) is 3.83. The van der Waals surface area contributed by atoms with Crippen LogP contribution in [-0.4, -0.2) is 7.05 Å². The average molecular weight is 271 g/mol. The van der Waals surface area contributed by atoms with Crippen molar-refractivity contribution in [3.05, 3.63) is 69.5 Å². The zero-order valence-corrected chi connectivity index (χ0v) is 12.8. The van der Waals surface area contributed by atoms with Crippen LogP contribution in [0.4, 0.5) is 4.39 Å². The second kappa shape index (κ2) is 5.76. The number of hydrogen-bond acceptors (Lipinski definition) is 1. The van der Waals surface area contributed by atoms with E-state index in [0.717, 1.165) is 5.56 Å². The Labute approximate surface area is 120 Å². The SMILES string of the molecule is CNC(c1ccc(F)c(C)c1)c1c(C)cc(C)cc1C. The molecule has 2 aromatic carbocycles. The van der Waals surface area contributed by atoms with Gasteiger partial charge in [-0.15, -0.1) is 0 Å². The Hall–Kier alpha value is -1.67. The van der Waals surface area contributed by atoms with E-state index in [1.807, 2.05) is 19.2 Å². The summed E-state index contributed by atoms with van der Waals surface area (Å²) in [4.78, 5) is 0. The minimum absolute atomic E-state index is 0.0925. The van der Waals surface area contributed by atoms with Crippen LogP contribution in [0.25, 0.3) is 0 Å². The predicted molar refractivity (Wildman–Crippen MR) is 82.7 cm³/mol. The highest BCUT2D eigenvalue weighted by Crippen LogP contribution is 2.29. The fraction of sp³-hybridized carbons (Fsp3) is 0.333. The summed E-state index contributed by atoms with van der Waals surface area (Å²) in [6.07, 6.45) is 0. The second-order valence-electron chi connectivity index (χ2n) is 5.54. The summed E-state index contributed by atoms with van der Waals surface area (Å²) in [5, 5.41) is 3.36. The van der Waals surface area contributed by atoms with Gasteiger partial charge >= 0.3 is 0 Å². The molecule has 1 unspecified atom stereocenters. The van der Waals surface area contributed by atoms with Gasteiger partial charge in [0.1, 0.15) is 5.82 Å². The normalized spacial score (nSPS) is 12.5. The first-order chi connectivity index (χ1) is 9.43. The lowest BCUT2D eigenvalue weighted by atomic mass is 9.89. The highest BCUT2D eigenvalue weighted by atomic mass is 19.1. The minimum atomic E-state index is -0.152. The van der Waals surface area contributed by atoms with Crippen molar-refractivity contribution in [1.29, 1.82) is 0 Å². The summed E-state index contributed by atoms with van der Waals surface area (Å²) in [6, 6.07) is 9.83. The number of rotatable bonds is 3. The molecule has 0 aliphatic heterocycles. The van der Waals surface area contributed by atoms with E-state index in [1.165, 1.54) is 22.3 Å². The van der Waals surface area contributed by atoms with Crippen LogP contribution >= 0.6 is 0 Å². The molecule has 0 amide bonds. The standard InChI is InChI=1S/C18H22FN/c1-11-8-13(3)17(14(4)9-11)18(20-5)15-6-7-16(19)12(2)10-15/h6-10,18,20H,1-5H3. The summed E-state index contributed by atoms with van der Waals surface area (Å²) in [5.74, 6) is -0.152. The van der Waals surface area contributed by atoms with Crippen molar-refractivity contribution in [2.75, 3.05) is 7.05 Å². The number of hydrogen-bond donors (Lipinski definition) is 1. The quantitative estimate of drug-likeness (QED) is 0.874. The Kier molecular flexibility index (Phi) is 4.24. The van der Waals surface area contributed by atoms with Gasteiger partial charge < -0.3 is 5.32 Å². The molecule has 106 valence electrons. The Morgan fingerprint density at radius 1 is 0.900 bits per heavy atom. The molecule has 0 saturated heterocycles. The van der Waals surface area contributed by atoms with E-state index in [2.05, 4.69) is 38.2 Å². The van der Waals surface area contributed by atoms with E-state index in [1.54, 1.807) is 13.0 Å². The zero-order chi connectivity index (χ0) is 14.9. The fourth-order valence-corrected chi connectivity index (χ4v) is 2.97. The van der Waals surface area contributed by atoms with Gasteiger partial charge in [-0.25, -0.2) is 4.39 Å². The van der Waals surface area contributed by atoms with Crippen LogP contribution < -0.4 is 5.32 Å². The summed E-state index contributed by atoms with van der Waals surface area (Å²) >= 11 is 0. The van der Waals surface area contributed by atoms with Crippen LogP contribution in [0.5, 0.6) is 0 Å². The molecule has 1 N–H and O–H groups in total. The van der Waals surface area contributed by atoms with E-state index in [9.17, 15) is 4.39 Å². The van der Waals surface area contributed by atoms with Crippen LogP contribution in [0, 0.1) is 33.5 Å². The molecule has 0 bridgehead atoms. The molecule has 2 aromatic rings. The maximum absolute atomic E-state index is 13.5. The summed E-state index contributed by atoms with van der Waals surface area (Å²) < 4.78 is 13.5. The van der Waals surface area contributed by atoms with Crippen molar-refractivity contribution in [2.24, 2.45) is 0 Å². The van der Waals surface area contributed by atoms with Gasteiger partial charge in [-0.05, 0) is 68.6 Å². The molecular weight excluding hydrogens is 249 g/mol. The number of benzene rings is 2. The molecule has 1 nitrogen and oxygen atoms in total. The molecule has 0 saturated carbocycles.